The molecule has 0 aliphatic heterocycles. The maximum absolute atomic E-state index is 10.8. The molecule has 0 saturated carbocycles. The molecule has 0 radical (unpaired) electrons. The molecular weight excluding hydrogens is 224 g/mol. The molecule has 0 amide bonds. The fraction of sp³-hybridized carbons (Fsp3) is 0.250. The molecule has 0 unspecified atom stereocenters. The second-order valence-electron chi connectivity index (χ2n) is 5.24. The Morgan fingerprint density at radius 1 is 0.611 bits per heavy atom. The van der Waals surface area contributed by atoms with Gasteiger partial charge >= 0.3 is 0 Å². The number of fused-ring (bicyclic) bond motifs is 2. The number of hydrogen-bond acceptors (Lipinski definition) is 2. The van der Waals surface area contributed by atoms with Gasteiger partial charge in [-0.1, -0.05) is 48.5 Å². The highest BCUT2D eigenvalue weighted by Crippen LogP contribution is 2.46. The Labute approximate surface area is 107 Å². The third-order valence-corrected chi connectivity index (χ3v) is 3.95. The Kier molecular flexibility index (Phi) is 2.19. The Bertz CT molecular complexity index is 506. The first kappa shape index (κ1) is 11.5. The fourth-order valence-electron chi connectivity index (χ4n) is 2.95. The Morgan fingerprint density at radius 3 is 1.06 bits per heavy atom. The van der Waals surface area contributed by atoms with Crippen LogP contribution in [0.1, 0.15) is 36.1 Å². The van der Waals surface area contributed by atoms with Crippen molar-refractivity contribution in [2.24, 2.45) is 0 Å². The van der Waals surface area contributed by atoms with Gasteiger partial charge in [-0.05, 0) is 36.1 Å². The van der Waals surface area contributed by atoms with Gasteiger partial charge in [0.2, 0.25) is 0 Å². The van der Waals surface area contributed by atoms with E-state index in [0.717, 1.165) is 22.3 Å². The van der Waals surface area contributed by atoms with Crippen LogP contribution in [0.4, 0.5) is 0 Å². The molecule has 92 valence electrons. The average Bonchev–Trinajstić information content (AvgIpc) is 2.37. The van der Waals surface area contributed by atoms with Crippen molar-refractivity contribution in [1.82, 2.24) is 0 Å². The minimum absolute atomic E-state index is 0.772. The van der Waals surface area contributed by atoms with Gasteiger partial charge in [0, 0.05) is 0 Å². The van der Waals surface area contributed by atoms with Gasteiger partial charge in [-0.2, -0.15) is 0 Å². The summed E-state index contributed by atoms with van der Waals surface area (Å²) < 4.78 is 0. The maximum atomic E-state index is 10.8. The summed E-state index contributed by atoms with van der Waals surface area (Å²) in [5.74, 6) is 0. The molecule has 0 fully saturated rings. The van der Waals surface area contributed by atoms with E-state index in [1.54, 1.807) is 13.8 Å². The third kappa shape index (κ3) is 1.30. The summed E-state index contributed by atoms with van der Waals surface area (Å²) in [7, 11) is 0. The average molecular weight is 240 g/mol. The van der Waals surface area contributed by atoms with Gasteiger partial charge in [0.15, 0.2) is 0 Å². The zero-order valence-corrected chi connectivity index (χ0v) is 10.5. The van der Waals surface area contributed by atoms with Crippen LogP contribution >= 0.6 is 0 Å². The quantitative estimate of drug-likeness (QED) is 0.743. The lowest BCUT2D eigenvalue weighted by atomic mass is 9.69. The van der Waals surface area contributed by atoms with Crippen molar-refractivity contribution in [3.63, 3.8) is 0 Å². The summed E-state index contributed by atoms with van der Waals surface area (Å²) in [6, 6.07) is 15.0. The largest absolute Gasteiger partial charge is 0.381 e. The zero-order valence-electron chi connectivity index (χ0n) is 10.5. The monoisotopic (exact) mass is 240 g/mol. The molecule has 0 bridgehead atoms. The molecule has 0 heterocycles. The third-order valence-electron chi connectivity index (χ3n) is 3.95. The van der Waals surface area contributed by atoms with Crippen molar-refractivity contribution >= 4 is 0 Å². The van der Waals surface area contributed by atoms with Crippen molar-refractivity contribution < 1.29 is 10.2 Å². The highest BCUT2D eigenvalue weighted by Gasteiger charge is 2.43. The fourth-order valence-corrected chi connectivity index (χ4v) is 2.95. The molecule has 18 heavy (non-hydrogen) atoms. The first-order valence-electron chi connectivity index (χ1n) is 6.10. The van der Waals surface area contributed by atoms with Crippen molar-refractivity contribution in [3.8, 4) is 0 Å². The van der Waals surface area contributed by atoms with Crippen LogP contribution in [0.5, 0.6) is 0 Å². The predicted molar refractivity (Wildman–Crippen MR) is 70.2 cm³/mol. The van der Waals surface area contributed by atoms with Gasteiger partial charge in [-0.3, -0.25) is 0 Å². The van der Waals surface area contributed by atoms with Gasteiger partial charge in [0.05, 0.1) is 0 Å². The van der Waals surface area contributed by atoms with E-state index in [-0.39, 0.29) is 0 Å². The van der Waals surface area contributed by atoms with Gasteiger partial charge in [0.1, 0.15) is 11.2 Å². The van der Waals surface area contributed by atoms with Crippen LogP contribution in [-0.4, -0.2) is 10.2 Å². The standard InChI is InChI=1S/C16H16O2/c1-15(17)11-7-3-5-9-13(11)16(2,18)14-10-6-4-8-12(14)15/h3-10,17-18H,1-2H3. The summed E-state index contributed by atoms with van der Waals surface area (Å²) in [6.07, 6.45) is 0. The molecule has 2 aromatic rings. The van der Waals surface area contributed by atoms with Gasteiger partial charge in [0.25, 0.3) is 0 Å². The second kappa shape index (κ2) is 3.44. The molecule has 0 saturated heterocycles. The van der Waals surface area contributed by atoms with Crippen LogP contribution in [-0.2, 0) is 11.2 Å². The van der Waals surface area contributed by atoms with Crippen LogP contribution in [0.3, 0.4) is 0 Å². The van der Waals surface area contributed by atoms with Gasteiger partial charge in [-0.25, -0.2) is 0 Å². The van der Waals surface area contributed by atoms with Crippen LogP contribution in [0, 0.1) is 0 Å². The van der Waals surface area contributed by atoms with E-state index in [4.69, 9.17) is 0 Å². The first-order chi connectivity index (χ1) is 8.45. The maximum Gasteiger partial charge on any atom is 0.113 e. The zero-order chi connectivity index (χ0) is 13.0. The second-order valence-corrected chi connectivity index (χ2v) is 5.24. The molecule has 2 N–H and O–H groups in total. The number of benzene rings is 2. The molecule has 2 heteroatoms. The summed E-state index contributed by atoms with van der Waals surface area (Å²) in [4.78, 5) is 0. The normalized spacial score (nSPS) is 29.6. The Balaban J connectivity index is 2.41. The predicted octanol–water partition coefficient (Wildman–Crippen LogP) is 2.51. The number of aliphatic hydroxyl groups is 2. The molecular formula is C16H16O2. The Morgan fingerprint density at radius 2 is 0.833 bits per heavy atom. The van der Waals surface area contributed by atoms with Crippen molar-refractivity contribution in [2.75, 3.05) is 0 Å². The van der Waals surface area contributed by atoms with E-state index in [0.29, 0.717) is 0 Å². The summed E-state index contributed by atoms with van der Waals surface area (Å²) in [5.41, 5.74) is 0.968. The van der Waals surface area contributed by atoms with Crippen LogP contribution < -0.4 is 0 Å². The topological polar surface area (TPSA) is 40.5 Å². The summed E-state index contributed by atoms with van der Waals surface area (Å²) in [5, 5.41) is 21.6. The molecule has 0 spiro atoms. The van der Waals surface area contributed by atoms with E-state index in [1.165, 1.54) is 0 Å². The molecule has 0 aromatic heterocycles. The molecule has 3 rings (SSSR count). The van der Waals surface area contributed by atoms with Gasteiger partial charge in [-0.15, -0.1) is 0 Å². The highest BCUT2D eigenvalue weighted by atomic mass is 16.3. The molecule has 0 atom stereocenters. The Hall–Kier alpha value is -1.64. The number of rotatable bonds is 0. The van der Waals surface area contributed by atoms with E-state index in [1.807, 2.05) is 48.5 Å². The molecule has 1 aliphatic rings. The molecule has 2 nitrogen and oxygen atoms in total. The number of hydrogen-bond donors (Lipinski definition) is 2. The summed E-state index contributed by atoms with van der Waals surface area (Å²) >= 11 is 0. The lowest BCUT2D eigenvalue weighted by molar-refractivity contribution is 0.0509. The highest BCUT2D eigenvalue weighted by molar-refractivity contribution is 5.55. The lowest BCUT2D eigenvalue weighted by Crippen LogP contribution is -2.39. The van der Waals surface area contributed by atoms with E-state index in [2.05, 4.69) is 0 Å². The van der Waals surface area contributed by atoms with Crippen molar-refractivity contribution in [3.05, 3.63) is 70.8 Å². The van der Waals surface area contributed by atoms with E-state index < -0.39 is 11.2 Å². The minimum atomic E-state index is -1.06. The van der Waals surface area contributed by atoms with Crippen LogP contribution in [0.15, 0.2) is 48.5 Å². The van der Waals surface area contributed by atoms with Crippen LogP contribution in [0.25, 0.3) is 0 Å². The van der Waals surface area contributed by atoms with E-state index in [9.17, 15) is 10.2 Å². The van der Waals surface area contributed by atoms with Crippen molar-refractivity contribution in [1.29, 1.82) is 0 Å². The smallest absolute Gasteiger partial charge is 0.113 e. The first-order valence-corrected chi connectivity index (χ1v) is 6.10. The van der Waals surface area contributed by atoms with E-state index >= 15 is 0 Å². The molecule has 2 aromatic carbocycles. The summed E-state index contributed by atoms with van der Waals surface area (Å²) in [6.45, 7) is 3.56. The molecule has 1 aliphatic carbocycles. The lowest BCUT2D eigenvalue weighted by Gasteiger charge is -2.41. The minimum Gasteiger partial charge on any atom is -0.381 e. The van der Waals surface area contributed by atoms with Gasteiger partial charge < -0.3 is 10.2 Å². The SMILES string of the molecule is CC1(O)c2ccccc2C(C)(O)c2ccccc21. The van der Waals surface area contributed by atoms with Crippen LogP contribution in [0.2, 0.25) is 0 Å². The van der Waals surface area contributed by atoms with Crippen molar-refractivity contribution in [2.45, 2.75) is 25.0 Å².